The van der Waals surface area contributed by atoms with Crippen molar-refractivity contribution in [1.82, 2.24) is 4.98 Å². The minimum absolute atomic E-state index is 0.299. The molecule has 0 saturated heterocycles. The van der Waals surface area contributed by atoms with E-state index in [0.717, 1.165) is 22.8 Å². The van der Waals surface area contributed by atoms with Gasteiger partial charge in [0.15, 0.2) is 12.2 Å². The van der Waals surface area contributed by atoms with Crippen molar-refractivity contribution >= 4 is 23.6 Å². The van der Waals surface area contributed by atoms with E-state index in [0.29, 0.717) is 63.9 Å². The highest BCUT2D eigenvalue weighted by Gasteiger charge is 2.19. The highest BCUT2D eigenvalue weighted by Crippen LogP contribution is 2.18. The number of likely N-dealkylation sites (N-methyl/N-ethyl adjacent to an activating group) is 2. The van der Waals surface area contributed by atoms with E-state index in [2.05, 4.69) is 0 Å². The number of benzene rings is 2. The van der Waals surface area contributed by atoms with Crippen LogP contribution in [0.15, 0.2) is 66.7 Å². The SMILES string of the molecule is CCO[C@@H](Cc1ccc(OCCN(C)c2cccc(N(C)CCOc3ccc(C[C@H](OCC)C(=O)O)cc3)n2)cc1)C(=O)O. The van der Waals surface area contributed by atoms with Crippen LogP contribution in [0.4, 0.5) is 11.6 Å². The molecule has 11 nitrogen and oxygen atoms in total. The molecular weight excluding hydrogens is 566 g/mol. The Labute approximate surface area is 258 Å². The molecule has 0 spiro atoms. The molecule has 0 unspecified atom stereocenters. The summed E-state index contributed by atoms with van der Waals surface area (Å²) in [5, 5.41) is 18.6. The predicted molar refractivity (Wildman–Crippen MR) is 168 cm³/mol. The molecule has 0 fully saturated rings. The fraction of sp³-hybridized carbons (Fsp3) is 0.424. The lowest BCUT2D eigenvalue weighted by atomic mass is 10.1. The van der Waals surface area contributed by atoms with Gasteiger partial charge in [-0.1, -0.05) is 30.3 Å². The molecule has 11 heteroatoms. The summed E-state index contributed by atoms with van der Waals surface area (Å²) in [7, 11) is 3.91. The largest absolute Gasteiger partial charge is 0.492 e. The van der Waals surface area contributed by atoms with Gasteiger partial charge in [0.2, 0.25) is 0 Å². The van der Waals surface area contributed by atoms with Crippen LogP contribution >= 0.6 is 0 Å². The number of carboxylic acid groups (broad SMARTS) is 2. The van der Waals surface area contributed by atoms with E-state index in [1.807, 2.05) is 90.6 Å². The lowest BCUT2D eigenvalue weighted by Gasteiger charge is -2.22. The fourth-order valence-corrected chi connectivity index (χ4v) is 4.38. The molecule has 0 aliphatic heterocycles. The Hall–Kier alpha value is -4.35. The van der Waals surface area contributed by atoms with Crippen molar-refractivity contribution in [3.05, 3.63) is 77.9 Å². The molecule has 1 heterocycles. The van der Waals surface area contributed by atoms with Crippen molar-refractivity contribution < 1.29 is 38.7 Å². The van der Waals surface area contributed by atoms with Crippen LogP contribution in [-0.4, -0.2) is 93.0 Å². The standard InChI is InChI=1S/C33H43N3O8/c1-5-41-28(32(37)38)22-24-10-14-26(15-11-24)43-20-18-35(3)30-8-7-9-31(34-30)36(4)19-21-44-27-16-12-25(13-17-27)23-29(33(39)40)42-6-2/h7-17,28-29H,5-6,18-23H2,1-4H3,(H,37,38)(H,39,40)/t28-,29-/m0/s1. The molecule has 3 rings (SSSR count). The van der Waals surface area contributed by atoms with Crippen LogP contribution < -0.4 is 19.3 Å². The zero-order valence-electron chi connectivity index (χ0n) is 25.8. The fourth-order valence-electron chi connectivity index (χ4n) is 4.38. The van der Waals surface area contributed by atoms with Crippen LogP contribution in [-0.2, 0) is 31.9 Å². The third-order valence-electron chi connectivity index (χ3n) is 6.87. The lowest BCUT2D eigenvalue weighted by molar-refractivity contribution is -0.150. The van der Waals surface area contributed by atoms with E-state index in [1.54, 1.807) is 13.8 Å². The molecule has 1 aromatic heterocycles. The van der Waals surface area contributed by atoms with Gasteiger partial charge in [-0.15, -0.1) is 0 Å². The average molecular weight is 610 g/mol. The summed E-state index contributed by atoms with van der Waals surface area (Å²) in [5.74, 6) is 1.09. The van der Waals surface area contributed by atoms with Crippen LogP contribution in [0.2, 0.25) is 0 Å². The van der Waals surface area contributed by atoms with Crippen molar-refractivity contribution in [3.8, 4) is 11.5 Å². The van der Waals surface area contributed by atoms with Gasteiger partial charge in [-0.2, -0.15) is 0 Å². The molecule has 2 aromatic carbocycles. The molecule has 238 valence electrons. The zero-order valence-corrected chi connectivity index (χ0v) is 25.8. The maximum absolute atomic E-state index is 11.3. The Morgan fingerprint density at radius 3 is 1.41 bits per heavy atom. The number of aromatic nitrogens is 1. The Balaban J connectivity index is 1.43. The summed E-state index contributed by atoms with van der Waals surface area (Å²) in [6.07, 6.45) is -1.12. The number of anilines is 2. The molecule has 0 radical (unpaired) electrons. The first-order chi connectivity index (χ1) is 21.2. The predicted octanol–water partition coefficient (Wildman–Crippen LogP) is 4.18. The molecule has 2 N–H and O–H groups in total. The van der Waals surface area contributed by atoms with E-state index < -0.39 is 24.1 Å². The second-order valence-electron chi connectivity index (χ2n) is 10.2. The molecule has 2 atom stereocenters. The lowest BCUT2D eigenvalue weighted by Crippen LogP contribution is -2.27. The van der Waals surface area contributed by atoms with Gasteiger partial charge in [-0.05, 0) is 61.4 Å². The van der Waals surface area contributed by atoms with Gasteiger partial charge < -0.3 is 39.0 Å². The summed E-state index contributed by atoms with van der Waals surface area (Å²) in [5.41, 5.74) is 1.74. The highest BCUT2D eigenvalue weighted by molar-refractivity contribution is 5.73. The third-order valence-corrected chi connectivity index (χ3v) is 6.87. The maximum atomic E-state index is 11.3. The molecule has 0 bridgehead atoms. The molecule has 0 amide bonds. The normalized spacial score (nSPS) is 12.3. The maximum Gasteiger partial charge on any atom is 0.333 e. The Morgan fingerprint density at radius 1 is 0.682 bits per heavy atom. The van der Waals surface area contributed by atoms with Gasteiger partial charge >= 0.3 is 11.9 Å². The topological polar surface area (TPSA) is 131 Å². The number of nitrogens with zero attached hydrogens (tertiary/aromatic N) is 3. The molecule has 0 aliphatic carbocycles. The molecule has 44 heavy (non-hydrogen) atoms. The number of carbonyl (C=O) groups is 2. The highest BCUT2D eigenvalue weighted by atomic mass is 16.5. The minimum Gasteiger partial charge on any atom is -0.492 e. The number of ether oxygens (including phenoxy) is 4. The number of carboxylic acids is 2. The monoisotopic (exact) mass is 609 g/mol. The summed E-state index contributed by atoms with van der Waals surface area (Å²) in [4.78, 5) is 31.5. The smallest absolute Gasteiger partial charge is 0.333 e. The summed E-state index contributed by atoms with van der Waals surface area (Å²) in [6.45, 7) is 6.38. The van der Waals surface area contributed by atoms with Crippen LogP contribution in [0.3, 0.4) is 0 Å². The Kier molecular flexibility index (Phi) is 13.7. The van der Waals surface area contributed by atoms with Gasteiger partial charge in [0.1, 0.15) is 36.3 Å². The van der Waals surface area contributed by atoms with E-state index in [1.165, 1.54) is 0 Å². The van der Waals surface area contributed by atoms with Crippen LogP contribution in [0.1, 0.15) is 25.0 Å². The average Bonchev–Trinajstić information content (AvgIpc) is 3.02. The minimum atomic E-state index is -0.970. The number of aliphatic carboxylic acids is 2. The molecule has 0 saturated carbocycles. The van der Waals surface area contributed by atoms with E-state index >= 15 is 0 Å². The van der Waals surface area contributed by atoms with Gasteiger partial charge in [0, 0.05) is 40.2 Å². The second-order valence-corrected chi connectivity index (χ2v) is 10.2. The van der Waals surface area contributed by atoms with E-state index in [4.69, 9.17) is 23.9 Å². The molecule has 3 aromatic rings. The van der Waals surface area contributed by atoms with Crippen LogP contribution in [0.25, 0.3) is 0 Å². The van der Waals surface area contributed by atoms with Gasteiger partial charge in [-0.25, -0.2) is 14.6 Å². The number of rotatable bonds is 20. The Morgan fingerprint density at radius 2 is 1.07 bits per heavy atom. The van der Waals surface area contributed by atoms with Crippen LogP contribution in [0.5, 0.6) is 11.5 Å². The van der Waals surface area contributed by atoms with Gasteiger partial charge in [-0.3, -0.25) is 0 Å². The molecule has 0 aliphatic rings. The third kappa shape index (κ3) is 11.1. The van der Waals surface area contributed by atoms with Crippen molar-refractivity contribution in [3.63, 3.8) is 0 Å². The van der Waals surface area contributed by atoms with E-state index in [9.17, 15) is 19.8 Å². The number of hydrogen-bond acceptors (Lipinski definition) is 9. The summed E-state index contributed by atoms with van der Waals surface area (Å²) >= 11 is 0. The van der Waals surface area contributed by atoms with Crippen molar-refractivity contribution in [2.75, 3.05) is 63.4 Å². The van der Waals surface area contributed by atoms with Crippen molar-refractivity contribution in [2.24, 2.45) is 0 Å². The van der Waals surface area contributed by atoms with Crippen molar-refractivity contribution in [2.45, 2.75) is 38.9 Å². The quantitative estimate of drug-likeness (QED) is 0.191. The first kappa shape index (κ1) is 34.1. The first-order valence-electron chi connectivity index (χ1n) is 14.7. The van der Waals surface area contributed by atoms with Crippen molar-refractivity contribution in [1.29, 1.82) is 0 Å². The number of pyridine rings is 1. The second kappa shape index (κ2) is 17.7. The van der Waals surface area contributed by atoms with Crippen LogP contribution in [0, 0.1) is 0 Å². The first-order valence-corrected chi connectivity index (χ1v) is 14.7. The summed E-state index contributed by atoms with van der Waals surface area (Å²) < 4.78 is 22.4. The summed E-state index contributed by atoms with van der Waals surface area (Å²) in [6, 6.07) is 20.6. The Bertz CT molecular complexity index is 1210. The van der Waals surface area contributed by atoms with Gasteiger partial charge in [0.25, 0.3) is 0 Å². The van der Waals surface area contributed by atoms with E-state index in [-0.39, 0.29) is 0 Å². The van der Waals surface area contributed by atoms with Gasteiger partial charge in [0.05, 0.1) is 13.1 Å². The zero-order chi connectivity index (χ0) is 31.9. The molecular formula is C33H43N3O8. The number of hydrogen-bond donors (Lipinski definition) is 2.